The van der Waals surface area contributed by atoms with Crippen LogP contribution in [0.4, 0.5) is 0 Å². The van der Waals surface area contributed by atoms with E-state index in [-0.39, 0.29) is 25.6 Å². The van der Waals surface area contributed by atoms with Crippen molar-refractivity contribution in [1.29, 1.82) is 0 Å². The summed E-state index contributed by atoms with van der Waals surface area (Å²) >= 11 is 0. The molecular weight excluding hydrogens is 248 g/mol. The molecule has 0 saturated carbocycles. The highest BCUT2D eigenvalue weighted by atomic mass is 16.7. The SMILES string of the molecule is CC(=O)CC(=O)OC/C=C/c1ccc2c(c1)OCO2. The molecule has 0 spiro atoms. The smallest absolute Gasteiger partial charge is 0.313 e. The summed E-state index contributed by atoms with van der Waals surface area (Å²) in [6.45, 7) is 1.73. The number of hydrogen-bond donors (Lipinski definition) is 0. The zero-order chi connectivity index (χ0) is 13.7. The summed E-state index contributed by atoms with van der Waals surface area (Å²) in [6, 6.07) is 5.54. The molecule has 0 N–H and O–H groups in total. The van der Waals surface area contributed by atoms with Gasteiger partial charge in [-0.15, -0.1) is 0 Å². The molecule has 1 heterocycles. The fraction of sp³-hybridized carbons (Fsp3) is 0.286. The van der Waals surface area contributed by atoms with Crippen LogP contribution in [0, 0.1) is 0 Å². The molecule has 0 fully saturated rings. The first-order valence-electron chi connectivity index (χ1n) is 5.86. The van der Waals surface area contributed by atoms with Gasteiger partial charge in [0.25, 0.3) is 0 Å². The van der Waals surface area contributed by atoms with Crippen molar-refractivity contribution in [2.24, 2.45) is 0 Å². The quantitative estimate of drug-likeness (QED) is 0.599. The molecule has 5 heteroatoms. The number of rotatable bonds is 5. The standard InChI is InChI=1S/C14H14O5/c1-10(15)7-14(16)17-6-2-3-11-4-5-12-13(8-11)19-9-18-12/h2-5,8H,6-7,9H2,1H3/b3-2+. The molecule has 1 aromatic carbocycles. The van der Waals surface area contributed by atoms with Crippen molar-refractivity contribution in [3.05, 3.63) is 29.8 Å². The topological polar surface area (TPSA) is 61.8 Å². The van der Waals surface area contributed by atoms with Gasteiger partial charge in [-0.2, -0.15) is 0 Å². The highest BCUT2D eigenvalue weighted by Crippen LogP contribution is 2.32. The van der Waals surface area contributed by atoms with Crippen molar-refractivity contribution in [3.63, 3.8) is 0 Å². The molecule has 0 aromatic heterocycles. The number of ketones is 1. The normalized spacial score (nSPS) is 12.7. The Kier molecular flexibility index (Phi) is 4.18. The lowest BCUT2D eigenvalue weighted by Gasteiger charge is -2.00. The fourth-order valence-electron chi connectivity index (χ4n) is 1.60. The Labute approximate surface area is 110 Å². The average molecular weight is 262 g/mol. The van der Waals surface area contributed by atoms with Crippen molar-refractivity contribution in [1.82, 2.24) is 0 Å². The van der Waals surface area contributed by atoms with Crippen LogP contribution in [0.2, 0.25) is 0 Å². The Morgan fingerprint density at radius 2 is 2.11 bits per heavy atom. The van der Waals surface area contributed by atoms with Gasteiger partial charge >= 0.3 is 5.97 Å². The van der Waals surface area contributed by atoms with Crippen LogP contribution in [-0.4, -0.2) is 25.2 Å². The predicted molar refractivity (Wildman–Crippen MR) is 67.9 cm³/mol. The van der Waals surface area contributed by atoms with E-state index in [1.165, 1.54) is 6.92 Å². The van der Waals surface area contributed by atoms with E-state index in [0.29, 0.717) is 5.75 Å². The summed E-state index contributed by atoms with van der Waals surface area (Å²) in [6.07, 6.45) is 3.33. The molecule has 100 valence electrons. The molecule has 1 aliphatic rings. The summed E-state index contributed by atoms with van der Waals surface area (Å²) in [5, 5.41) is 0. The zero-order valence-electron chi connectivity index (χ0n) is 10.5. The molecule has 1 aromatic rings. The average Bonchev–Trinajstić information content (AvgIpc) is 2.81. The van der Waals surface area contributed by atoms with E-state index in [0.717, 1.165) is 11.3 Å². The Bertz CT molecular complexity index is 519. The van der Waals surface area contributed by atoms with Gasteiger partial charge in [-0.3, -0.25) is 9.59 Å². The number of ether oxygens (including phenoxy) is 3. The van der Waals surface area contributed by atoms with E-state index in [2.05, 4.69) is 0 Å². The minimum atomic E-state index is -0.511. The summed E-state index contributed by atoms with van der Waals surface area (Å²) in [5.41, 5.74) is 0.923. The van der Waals surface area contributed by atoms with Crippen molar-refractivity contribution in [3.8, 4) is 11.5 Å². The predicted octanol–water partition coefficient (Wildman–Crippen LogP) is 1.95. The second kappa shape index (κ2) is 6.04. The van der Waals surface area contributed by atoms with Gasteiger partial charge in [0, 0.05) is 0 Å². The largest absolute Gasteiger partial charge is 0.461 e. The molecule has 19 heavy (non-hydrogen) atoms. The lowest BCUT2D eigenvalue weighted by Crippen LogP contribution is -2.08. The maximum atomic E-state index is 11.1. The van der Waals surface area contributed by atoms with Gasteiger partial charge in [0.15, 0.2) is 11.5 Å². The van der Waals surface area contributed by atoms with Gasteiger partial charge < -0.3 is 14.2 Å². The first kappa shape index (κ1) is 13.1. The maximum absolute atomic E-state index is 11.1. The van der Waals surface area contributed by atoms with Crippen molar-refractivity contribution < 1.29 is 23.8 Å². The van der Waals surface area contributed by atoms with Crippen molar-refractivity contribution in [2.75, 3.05) is 13.4 Å². The Balaban J connectivity index is 1.82. The van der Waals surface area contributed by atoms with Gasteiger partial charge in [0.2, 0.25) is 6.79 Å². The van der Waals surface area contributed by atoms with Gasteiger partial charge in [-0.05, 0) is 30.7 Å². The van der Waals surface area contributed by atoms with Crippen LogP contribution >= 0.6 is 0 Å². The summed E-state index contributed by atoms with van der Waals surface area (Å²) in [5.74, 6) is 0.716. The third kappa shape index (κ3) is 3.84. The molecule has 5 nitrogen and oxygen atoms in total. The minimum absolute atomic E-state index is 0.139. The molecule has 0 unspecified atom stereocenters. The lowest BCUT2D eigenvalue weighted by molar-refractivity contribution is -0.144. The van der Waals surface area contributed by atoms with Crippen molar-refractivity contribution in [2.45, 2.75) is 13.3 Å². The molecule has 1 aliphatic heterocycles. The second-order valence-corrected chi connectivity index (χ2v) is 4.08. The number of carbonyl (C=O) groups is 2. The number of carbonyl (C=O) groups excluding carboxylic acids is 2. The van der Waals surface area contributed by atoms with Gasteiger partial charge in [-0.1, -0.05) is 12.1 Å². The minimum Gasteiger partial charge on any atom is -0.461 e. The molecule has 0 bridgehead atoms. The van der Waals surface area contributed by atoms with E-state index in [1.54, 1.807) is 6.08 Å². The highest BCUT2D eigenvalue weighted by molar-refractivity contribution is 5.94. The first-order valence-corrected chi connectivity index (χ1v) is 5.86. The van der Waals surface area contributed by atoms with E-state index in [4.69, 9.17) is 14.2 Å². The first-order chi connectivity index (χ1) is 9.15. The van der Waals surface area contributed by atoms with Crippen LogP contribution in [-0.2, 0) is 14.3 Å². The van der Waals surface area contributed by atoms with Gasteiger partial charge in [0.05, 0.1) is 0 Å². The van der Waals surface area contributed by atoms with E-state index in [9.17, 15) is 9.59 Å². The third-order valence-corrected chi connectivity index (χ3v) is 2.44. The number of hydrogen-bond acceptors (Lipinski definition) is 5. The number of benzene rings is 1. The Morgan fingerprint density at radius 1 is 1.32 bits per heavy atom. The van der Waals surface area contributed by atoms with Crippen LogP contribution in [0.15, 0.2) is 24.3 Å². The molecule has 0 amide bonds. The monoisotopic (exact) mass is 262 g/mol. The number of esters is 1. The zero-order valence-corrected chi connectivity index (χ0v) is 10.5. The van der Waals surface area contributed by atoms with Gasteiger partial charge in [0.1, 0.15) is 18.8 Å². The Morgan fingerprint density at radius 3 is 2.89 bits per heavy atom. The van der Waals surface area contributed by atoms with E-state index in [1.807, 2.05) is 24.3 Å². The van der Waals surface area contributed by atoms with Crippen LogP contribution in [0.5, 0.6) is 11.5 Å². The molecule has 0 atom stereocenters. The number of fused-ring (bicyclic) bond motifs is 1. The molecule has 0 aliphatic carbocycles. The lowest BCUT2D eigenvalue weighted by atomic mass is 10.2. The summed E-state index contributed by atoms with van der Waals surface area (Å²) in [7, 11) is 0. The second-order valence-electron chi connectivity index (χ2n) is 4.08. The summed E-state index contributed by atoms with van der Waals surface area (Å²) < 4.78 is 15.3. The van der Waals surface area contributed by atoms with Crippen LogP contribution < -0.4 is 9.47 Å². The number of Topliss-reactive ketones (excluding diaryl/α,β-unsaturated/α-hetero) is 1. The fourth-order valence-corrected chi connectivity index (χ4v) is 1.60. The van der Waals surface area contributed by atoms with Gasteiger partial charge in [-0.25, -0.2) is 0 Å². The van der Waals surface area contributed by atoms with Crippen LogP contribution in [0.3, 0.4) is 0 Å². The highest BCUT2D eigenvalue weighted by Gasteiger charge is 2.12. The summed E-state index contributed by atoms with van der Waals surface area (Å²) in [4.78, 5) is 21.8. The van der Waals surface area contributed by atoms with E-state index >= 15 is 0 Å². The molecule has 2 rings (SSSR count). The third-order valence-electron chi connectivity index (χ3n) is 2.44. The maximum Gasteiger partial charge on any atom is 0.313 e. The Hall–Kier alpha value is -2.30. The van der Waals surface area contributed by atoms with E-state index < -0.39 is 5.97 Å². The molecule has 0 radical (unpaired) electrons. The van der Waals surface area contributed by atoms with Crippen molar-refractivity contribution >= 4 is 17.8 Å². The molecular formula is C14H14O5. The molecule has 0 saturated heterocycles. The van der Waals surface area contributed by atoms with Crippen LogP contribution in [0.1, 0.15) is 18.9 Å². The van der Waals surface area contributed by atoms with Crippen LogP contribution in [0.25, 0.3) is 6.08 Å².